The van der Waals surface area contributed by atoms with E-state index in [2.05, 4.69) is 10.6 Å². The first-order valence-corrected chi connectivity index (χ1v) is 10.1. The first kappa shape index (κ1) is 25.3. The minimum atomic E-state index is -0.841. The Morgan fingerprint density at radius 2 is 1.50 bits per heavy atom. The summed E-state index contributed by atoms with van der Waals surface area (Å²) >= 11 is 0. The summed E-state index contributed by atoms with van der Waals surface area (Å²) in [5, 5.41) is 14.6. The van der Waals surface area contributed by atoms with Crippen molar-refractivity contribution < 1.29 is 29.0 Å². The normalized spacial score (nSPS) is 12.6. The van der Waals surface area contributed by atoms with Gasteiger partial charge in [0.2, 0.25) is 0 Å². The van der Waals surface area contributed by atoms with Crippen LogP contribution in [0.25, 0.3) is 0 Å². The van der Waals surface area contributed by atoms with E-state index in [1.807, 2.05) is 0 Å². The van der Waals surface area contributed by atoms with E-state index in [0.717, 1.165) is 0 Å². The van der Waals surface area contributed by atoms with E-state index in [9.17, 15) is 19.5 Å². The van der Waals surface area contributed by atoms with Crippen LogP contribution < -0.4 is 10.6 Å². The topological polar surface area (TPSA) is 114 Å². The van der Waals surface area contributed by atoms with Crippen molar-refractivity contribution in [2.75, 3.05) is 6.54 Å². The van der Waals surface area contributed by atoms with Crippen LogP contribution in [-0.4, -0.2) is 46.9 Å². The van der Waals surface area contributed by atoms with E-state index >= 15 is 0 Å². The van der Waals surface area contributed by atoms with Crippen molar-refractivity contribution in [3.8, 4) is 5.75 Å². The van der Waals surface area contributed by atoms with Crippen molar-refractivity contribution in [2.45, 2.75) is 78.0 Å². The molecule has 0 saturated carbocycles. The summed E-state index contributed by atoms with van der Waals surface area (Å²) in [4.78, 5) is 36.6. The second-order valence-corrected chi connectivity index (χ2v) is 9.03. The number of carbonyl (C=O) groups is 3. The molecule has 0 unspecified atom stereocenters. The van der Waals surface area contributed by atoms with Crippen LogP contribution >= 0.6 is 0 Å². The standard InChI is InChI=1S/C22H34N2O6/c1-21(2,3)29-19(27)17(24-20(28)30-22(4,5)6)9-7-8-14-23-18(26)15-10-12-16(25)13-11-15/h10-13,17,25H,7-9,14H2,1-6H3,(H,23,26)(H,24,28)/t17-/m0/s1. The van der Waals surface area contributed by atoms with E-state index in [1.165, 1.54) is 24.3 Å². The molecular formula is C22H34N2O6. The van der Waals surface area contributed by atoms with Gasteiger partial charge in [-0.25, -0.2) is 9.59 Å². The van der Waals surface area contributed by atoms with Gasteiger partial charge in [-0.05, 0) is 85.1 Å². The molecule has 0 aliphatic heterocycles. The van der Waals surface area contributed by atoms with Crippen LogP contribution in [-0.2, 0) is 14.3 Å². The highest BCUT2D eigenvalue weighted by Crippen LogP contribution is 2.13. The van der Waals surface area contributed by atoms with E-state index in [-0.39, 0.29) is 11.7 Å². The number of phenols is 1. The van der Waals surface area contributed by atoms with Gasteiger partial charge in [-0.15, -0.1) is 0 Å². The highest BCUT2D eigenvalue weighted by molar-refractivity contribution is 5.94. The van der Waals surface area contributed by atoms with Gasteiger partial charge in [-0.2, -0.15) is 0 Å². The van der Waals surface area contributed by atoms with Crippen molar-refractivity contribution in [3.63, 3.8) is 0 Å². The van der Waals surface area contributed by atoms with Crippen LogP contribution in [0.5, 0.6) is 5.75 Å². The molecule has 0 aromatic heterocycles. The molecule has 3 N–H and O–H groups in total. The molecule has 2 amide bonds. The molecule has 168 valence electrons. The summed E-state index contributed by atoms with van der Waals surface area (Å²) in [5.41, 5.74) is -0.907. The number of rotatable bonds is 8. The fraction of sp³-hybridized carbons (Fsp3) is 0.591. The highest BCUT2D eigenvalue weighted by atomic mass is 16.6. The van der Waals surface area contributed by atoms with Crippen molar-refractivity contribution in [3.05, 3.63) is 29.8 Å². The quantitative estimate of drug-likeness (QED) is 0.436. The highest BCUT2D eigenvalue weighted by Gasteiger charge is 2.28. The first-order valence-electron chi connectivity index (χ1n) is 10.1. The Balaban J connectivity index is 2.53. The second kappa shape index (κ2) is 10.8. The van der Waals surface area contributed by atoms with Gasteiger partial charge in [0.1, 0.15) is 23.0 Å². The largest absolute Gasteiger partial charge is 0.508 e. The van der Waals surface area contributed by atoms with Crippen molar-refractivity contribution in [1.82, 2.24) is 10.6 Å². The molecule has 0 fully saturated rings. The van der Waals surface area contributed by atoms with Gasteiger partial charge in [0.05, 0.1) is 0 Å². The fourth-order valence-corrected chi connectivity index (χ4v) is 2.46. The van der Waals surface area contributed by atoms with Crippen molar-refractivity contribution in [2.24, 2.45) is 0 Å². The molecular weight excluding hydrogens is 388 g/mol. The predicted octanol–water partition coefficient (Wildman–Crippen LogP) is 3.53. The molecule has 1 rings (SSSR count). The van der Waals surface area contributed by atoms with Crippen molar-refractivity contribution in [1.29, 1.82) is 0 Å². The summed E-state index contributed by atoms with van der Waals surface area (Å²) in [6.45, 7) is 10.9. The number of hydrogen-bond donors (Lipinski definition) is 3. The minimum Gasteiger partial charge on any atom is -0.508 e. The van der Waals surface area contributed by atoms with E-state index < -0.39 is 29.3 Å². The molecule has 1 aromatic carbocycles. The van der Waals surface area contributed by atoms with Gasteiger partial charge >= 0.3 is 12.1 Å². The number of nitrogens with one attached hydrogen (secondary N) is 2. The second-order valence-electron chi connectivity index (χ2n) is 9.03. The number of carbonyl (C=O) groups excluding carboxylic acids is 3. The molecule has 30 heavy (non-hydrogen) atoms. The van der Waals surface area contributed by atoms with Crippen LogP contribution in [0.15, 0.2) is 24.3 Å². The third-order valence-electron chi connectivity index (χ3n) is 3.72. The number of benzene rings is 1. The number of ether oxygens (including phenoxy) is 2. The third-order valence-corrected chi connectivity index (χ3v) is 3.72. The monoisotopic (exact) mass is 422 g/mol. The molecule has 0 aliphatic carbocycles. The number of phenolic OH excluding ortho intramolecular Hbond substituents is 1. The van der Waals surface area contributed by atoms with Gasteiger partial charge < -0.3 is 25.2 Å². The SMILES string of the molecule is CC(C)(C)OC(=O)N[C@@H](CCCCNC(=O)c1ccc(O)cc1)C(=O)OC(C)(C)C. The lowest BCUT2D eigenvalue weighted by molar-refractivity contribution is -0.157. The molecule has 8 heteroatoms. The van der Waals surface area contributed by atoms with Crippen LogP contribution in [0.4, 0.5) is 4.79 Å². The lowest BCUT2D eigenvalue weighted by Gasteiger charge is -2.26. The molecule has 0 bridgehead atoms. The first-order chi connectivity index (χ1) is 13.8. The maximum atomic E-state index is 12.5. The number of aromatic hydroxyl groups is 1. The van der Waals surface area contributed by atoms with Crippen LogP contribution in [0, 0.1) is 0 Å². The zero-order valence-corrected chi connectivity index (χ0v) is 18.7. The number of alkyl carbamates (subject to hydrolysis) is 1. The molecule has 0 spiro atoms. The Bertz CT molecular complexity index is 717. The smallest absolute Gasteiger partial charge is 0.408 e. The molecule has 1 aromatic rings. The van der Waals surface area contributed by atoms with Gasteiger partial charge in [0, 0.05) is 12.1 Å². The van der Waals surface area contributed by atoms with Crippen LogP contribution in [0.3, 0.4) is 0 Å². The Labute approximate surface area is 178 Å². The molecule has 0 radical (unpaired) electrons. The van der Waals surface area contributed by atoms with Gasteiger partial charge in [-0.1, -0.05) is 0 Å². The molecule has 0 aliphatic rings. The molecule has 0 saturated heterocycles. The van der Waals surface area contributed by atoms with E-state index in [1.54, 1.807) is 41.5 Å². The van der Waals surface area contributed by atoms with Crippen LogP contribution in [0.1, 0.15) is 71.2 Å². The average Bonchev–Trinajstić information content (AvgIpc) is 2.57. The fourth-order valence-electron chi connectivity index (χ4n) is 2.46. The van der Waals surface area contributed by atoms with Crippen molar-refractivity contribution >= 4 is 18.0 Å². The van der Waals surface area contributed by atoms with Crippen LogP contribution in [0.2, 0.25) is 0 Å². The molecule has 1 atom stereocenters. The zero-order valence-electron chi connectivity index (χ0n) is 18.7. The van der Waals surface area contributed by atoms with E-state index in [0.29, 0.717) is 31.4 Å². The zero-order chi connectivity index (χ0) is 22.9. The number of amides is 2. The molecule has 8 nitrogen and oxygen atoms in total. The van der Waals surface area contributed by atoms with E-state index in [4.69, 9.17) is 9.47 Å². The Morgan fingerprint density at radius 3 is 2.03 bits per heavy atom. The molecule has 0 heterocycles. The average molecular weight is 423 g/mol. The van der Waals surface area contributed by atoms with Gasteiger partial charge in [-0.3, -0.25) is 4.79 Å². The number of esters is 1. The predicted molar refractivity (Wildman–Crippen MR) is 113 cm³/mol. The Kier molecular flexibility index (Phi) is 9.14. The summed E-state index contributed by atoms with van der Waals surface area (Å²) < 4.78 is 10.6. The maximum absolute atomic E-state index is 12.5. The number of unbranched alkanes of at least 4 members (excludes halogenated alkanes) is 1. The Hall–Kier alpha value is -2.77. The Morgan fingerprint density at radius 1 is 0.933 bits per heavy atom. The lowest BCUT2D eigenvalue weighted by atomic mass is 10.1. The minimum absolute atomic E-state index is 0.0946. The van der Waals surface area contributed by atoms with Gasteiger partial charge in [0.15, 0.2) is 0 Å². The van der Waals surface area contributed by atoms with Gasteiger partial charge in [0.25, 0.3) is 5.91 Å². The summed E-state index contributed by atoms with van der Waals surface area (Å²) in [7, 11) is 0. The maximum Gasteiger partial charge on any atom is 0.408 e. The summed E-state index contributed by atoms with van der Waals surface area (Å²) in [5.74, 6) is -0.677. The number of hydrogen-bond acceptors (Lipinski definition) is 6. The third kappa shape index (κ3) is 10.7. The summed E-state index contributed by atoms with van der Waals surface area (Å²) in [6.07, 6.45) is 0.858. The lowest BCUT2D eigenvalue weighted by Crippen LogP contribution is -2.46. The summed E-state index contributed by atoms with van der Waals surface area (Å²) in [6, 6.07) is 5.12.